The lowest BCUT2D eigenvalue weighted by Gasteiger charge is -1.95. The highest BCUT2D eigenvalue weighted by atomic mass is 32.2. The molecule has 0 radical (unpaired) electrons. The van der Waals surface area contributed by atoms with Crippen LogP contribution in [0.1, 0.15) is 0 Å². The minimum Gasteiger partial charge on any atom is -0.245 e. The van der Waals surface area contributed by atoms with Crippen molar-refractivity contribution in [2.45, 2.75) is 5.03 Å². The van der Waals surface area contributed by atoms with Gasteiger partial charge in [0.05, 0.1) is 0 Å². The summed E-state index contributed by atoms with van der Waals surface area (Å²) >= 11 is 0. The standard InChI is InChI=1S/C5H7N3OS/c6-10(7,9)5-3-1-2-4-8-5/h1-4H,(H3,6,7,9). The average Bonchev–Trinajstić information content (AvgIpc) is 1.88. The minimum atomic E-state index is -3.11. The molecular weight excluding hydrogens is 150 g/mol. The summed E-state index contributed by atoms with van der Waals surface area (Å²) in [5.41, 5.74) is 0. The third-order valence-electron chi connectivity index (χ3n) is 0.948. The lowest BCUT2D eigenvalue weighted by Crippen LogP contribution is -2.11. The predicted molar refractivity (Wildman–Crippen MR) is 37.6 cm³/mol. The van der Waals surface area contributed by atoms with Gasteiger partial charge in [0.2, 0.25) is 0 Å². The van der Waals surface area contributed by atoms with Gasteiger partial charge in [-0.05, 0) is 12.1 Å². The molecule has 1 aromatic rings. The van der Waals surface area contributed by atoms with Gasteiger partial charge in [0.15, 0.2) is 0 Å². The van der Waals surface area contributed by atoms with E-state index in [9.17, 15) is 4.21 Å². The lowest BCUT2D eigenvalue weighted by molar-refractivity contribution is 0.673. The van der Waals surface area contributed by atoms with E-state index >= 15 is 0 Å². The number of hydrogen-bond donors (Lipinski definition) is 2. The highest BCUT2D eigenvalue weighted by molar-refractivity contribution is 7.90. The maximum Gasteiger partial charge on any atom is 0.150 e. The highest BCUT2D eigenvalue weighted by Crippen LogP contribution is 1.99. The first-order valence-corrected chi connectivity index (χ1v) is 4.20. The van der Waals surface area contributed by atoms with Crippen LogP contribution in [0.4, 0.5) is 0 Å². The molecule has 1 aromatic heterocycles. The molecule has 0 bridgehead atoms. The second-order valence-corrected chi connectivity index (χ2v) is 3.39. The van der Waals surface area contributed by atoms with Gasteiger partial charge < -0.3 is 0 Å². The van der Waals surface area contributed by atoms with E-state index in [4.69, 9.17) is 9.92 Å². The third-order valence-corrected chi connectivity index (χ3v) is 1.81. The Bertz CT molecular complexity index is 305. The molecule has 0 aliphatic carbocycles. The minimum absolute atomic E-state index is 0.120. The summed E-state index contributed by atoms with van der Waals surface area (Å²) in [6.07, 6.45) is 1.45. The second kappa shape index (κ2) is 2.36. The van der Waals surface area contributed by atoms with Crippen LogP contribution in [0, 0.1) is 4.78 Å². The molecular formula is C5H7N3OS. The largest absolute Gasteiger partial charge is 0.245 e. The van der Waals surface area contributed by atoms with Crippen LogP contribution >= 0.6 is 0 Å². The Morgan fingerprint density at radius 2 is 2.30 bits per heavy atom. The van der Waals surface area contributed by atoms with Crippen molar-refractivity contribution < 1.29 is 4.21 Å². The molecule has 5 heteroatoms. The molecule has 0 aromatic carbocycles. The molecule has 0 saturated carbocycles. The van der Waals surface area contributed by atoms with Crippen LogP contribution in [0.3, 0.4) is 0 Å². The Kier molecular flexibility index (Phi) is 1.69. The van der Waals surface area contributed by atoms with Gasteiger partial charge in [0.1, 0.15) is 14.9 Å². The van der Waals surface area contributed by atoms with Crippen molar-refractivity contribution in [2.75, 3.05) is 0 Å². The van der Waals surface area contributed by atoms with E-state index < -0.39 is 9.92 Å². The SMILES string of the molecule is N=S(N)(=O)c1ccccn1. The molecule has 0 aliphatic heterocycles. The van der Waals surface area contributed by atoms with Crippen LogP contribution in [0.15, 0.2) is 29.4 Å². The molecule has 1 unspecified atom stereocenters. The molecule has 1 atom stereocenters. The topological polar surface area (TPSA) is 79.8 Å². The maximum atomic E-state index is 10.8. The normalized spacial score (nSPS) is 16.1. The fraction of sp³-hybridized carbons (Fsp3) is 0. The molecule has 1 heterocycles. The average molecular weight is 157 g/mol. The van der Waals surface area contributed by atoms with Gasteiger partial charge in [-0.3, -0.25) is 0 Å². The van der Waals surface area contributed by atoms with Crippen LogP contribution in [0.25, 0.3) is 0 Å². The van der Waals surface area contributed by atoms with Crippen molar-refractivity contribution in [3.8, 4) is 0 Å². The van der Waals surface area contributed by atoms with Crippen LogP contribution in [0.5, 0.6) is 0 Å². The molecule has 0 saturated heterocycles. The first-order chi connectivity index (χ1) is 4.61. The first-order valence-electron chi connectivity index (χ1n) is 2.58. The summed E-state index contributed by atoms with van der Waals surface area (Å²) in [4.78, 5) is 3.66. The van der Waals surface area contributed by atoms with Gasteiger partial charge in [0.25, 0.3) is 0 Å². The number of aromatic nitrogens is 1. The number of nitrogens with two attached hydrogens (primary N) is 1. The number of rotatable bonds is 1. The Morgan fingerprint density at radius 1 is 1.60 bits per heavy atom. The monoisotopic (exact) mass is 157 g/mol. The molecule has 0 fully saturated rings. The zero-order valence-electron chi connectivity index (χ0n) is 5.15. The van der Waals surface area contributed by atoms with Crippen LogP contribution < -0.4 is 5.14 Å². The lowest BCUT2D eigenvalue weighted by atomic mass is 10.5. The summed E-state index contributed by atoms with van der Waals surface area (Å²) in [5, 5.41) is 5.11. The van der Waals surface area contributed by atoms with Gasteiger partial charge in [-0.1, -0.05) is 6.07 Å². The molecule has 1 rings (SSSR count). The zero-order valence-corrected chi connectivity index (χ0v) is 5.97. The van der Waals surface area contributed by atoms with E-state index in [0.29, 0.717) is 0 Å². The maximum absolute atomic E-state index is 10.8. The van der Waals surface area contributed by atoms with Crippen LogP contribution in [0.2, 0.25) is 0 Å². The van der Waals surface area contributed by atoms with Gasteiger partial charge >= 0.3 is 0 Å². The number of hydrogen-bond acceptors (Lipinski definition) is 3. The Labute approximate surface area is 59.2 Å². The predicted octanol–water partition coefficient (Wildman–Crippen LogP) is 0.361. The quantitative estimate of drug-likeness (QED) is 0.617. The molecule has 0 spiro atoms. The summed E-state index contributed by atoms with van der Waals surface area (Å²) in [6, 6.07) is 4.79. The van der Waals surface area contributed by atoms with E-state index in [1.165, 1.54) is 12.3 Å². The van der Waals surface area contributed by atoms with Crippen LogP contribution in [-0.4, -0.2) is 9.19 Å². The molecule has 54 valence electrons. The molecule has 3 N–H and O–H groups in total. The van der Waals surface area contributed by atoms with Gasteiger partial charge in [-0.2, -0.15) is 0 Å². The number of nitrogens with zero attached hydrogens (tertiary/aromatic N) is 1. The number of nitrogens with one attached hydrogen (secondary N) is 1. The van der Waals surface area contributed by atoms with Gasteiger partial charge in [-0.15, -0.1) is 0 Å². The summed E-state index contributed by atoms with van der Waals surface area (Å²) in [6.45, 7) is 0. The van der Waals surface area contributed by atoms with Crippen molar-refractivity contribution in [3.63, 3.8) is 0 Å². The Hall–Kier alpha value is -0.940. The van der Waals surface area contributed by atoms with E-state index in [2.05, 4.69) is 4.98 Å². The van der Waals surface area contributed by atoms with E-state index in [1.54, 1.807) is 12.1 Å². The molecule has 0 aliphatic rings. The molecule has 4 nitrogen and oxygen atoms in total. The van der Waals surface area contributed by atoms with Crippen molar-refractivity contribution in [3.05, 3.63) is 24.4 Å². The Balaban J connectivity index is 3.22. The summed E-state index contributed by atoms with van der Waals surface area (Å²) in [5.74, 6) is 0. The van der Waals surface area contributed by atoms with E-state index in [1.807, 2.05) is 0 Å². The number of pyridine rings is 1. The molecule has 0 amide bonds. The van der Waals surface area contributed by atoms with Crippen molar-refractivity contribution in [1.29, 1.82) is 4.78 Å². The fourth-order valence-corrected chi connectivity index (χ4v) is 1.02. The smallest absolute Gasteiger partial charge is 0.150 e. The van der Waals surface area contributed by atoms with Gasteiger partial charge in [-0.25, -0.2) is 19.1 Å². The van der Waals surface area contributed by atoms with E-state index in [0.717, 1.165) is 0 Å². The third kappa shape index (κ3) is 1.52. The Morgan fingerprint density at radius 3 is 2.60 bits per heavy atom. The zero-order chi connectivity index (χ0) is 7.61. The van der Waals surface area contributed by atoms with Crippen molar-refractivity contribution in [2.24, 2.45) is 5.14 Å². The first kappa shape index (κ1) is 7.17. The van der Waals surface area contributed by atoms with Crippen molar-refractivity contribution >= 4 is 9.92 Å². The summed E-state index contributed by atoms with van der Waals surface area (Å²) in [7, 11) is -3.11. The second-order valence-electron chi connectivity index (χ2n) is 1.77. The van der Waals surface area contributed by atoms with E-state index in [-0.39, 0.29) is 5.03 Å². The fourth-order valence-electron chi connectivity index (χ4n) is 0.526. The highest BCUT2D eigenvalue weighted by Gasteiger charge is 2.01. The van der Waals surface area contributed by atoms with Gasteiger partial charge in [0, 0.05) is 6.20 Å². The van der Waals surface area contributed by atoms with Crippen molar-refractivity contribution in [1.82, 2.24) is 4.98 Å². The molecule has 10 heavy (non-hydrogen) atoms. The summed E-state index contributed by atoms with van der Waals surface area (Å²) < 4.78 is 17.7. The van der Waals surface area contributed by atoms with Crippen LogP contribution in [-0.2, 0) is 9.92 Å².